The molecule has 4 heteroatoms. The van der Waals surface area contributed by atoms with E-state index >= 15 is 0 Å². The molecule has 1 amide bonds. The molecule has 0 aliphatic rings. The fraction of sp³-hybridized carbons (Fsp3) is 0.533. The van der Waals surface area contributed by atoms with Crippen molar-refractivity contribution >= 4 is 5.91 Å². The second-order valence-electron chi connectivity index (χ2n) is 6.29. The smallest absolute Gasteiger partial charge is 0.238 e. The number of carbonyl (C=O) groups excluding carboxylic acids is 1. The predicted octanol–water partition coefficient (Wildman–Crippen LogP) is 1.70. The van der Waals surface area contributed by atoms with Crippen LogP contribution < -0.4 is 11.3 Å². The molecule has 1 rings (SSSR count). The zero-order chi connectivity index (χ0) is 14.5. The van der Waals surface area contributed by atoms with Crippen LogP contribution in [0.1, 0.15) is 31.9 Å². The van der Waals surface area contributed by atoms with Crippen LogP contribution in [-0.2, 0) is 17.8 Å². The molecule has 0 saturated heterocycles. The van der Waals surface area contributed by atoms with Crippen LogP contribution >= 0.6 is 0 Å². The Labute approximate surface area is 115 Å². The minimum Gasteiger partial charge on any atom is -0.302 e. The zero-order valence-corrected chi connectivity index (χ0v) is 12.4. The third-order valence-corrected chi connectivity index (χ3v) is 2.75. The van der Waals surface area contributed by atoms with Crippen LogP contribution in [0.25, 0.3) is 0 Å². The third kappa shape index (κ3) is 6.36. The molecule has 4 nitrogen and oxygen atoms in total. The highest BCUT2D eigenvalue weighted by atomic mass is 16.2. The van der Waals surface area contributed by atoms with Crippen LogP contribution in [0.3, 0.4) is 0 Å². The number of nitrogens with one attached hydrogen (secondary N) is 1. The van der Waals surface area contributed by atoms with Crippen molar-refractivity contribution in [3.63, 3.8) is 0 Å². The molecule has 0 aliphatic heterocycles. The first kappa shape index (κ1) is 15.7. The molecule has 1 aromatic carbocycles. The van der Waals surface area contributed by atoms with Gasteiger partial charge in [0.05, 0.1) is 6.42 Å². The van der Waals surface area contributed by atoms with Crippen molar-refractivity contribution in [2.75, 3.05) is 13.6 Å². The highest BCUT2D eigenvalue weighted by molar-refractivity contribution is 5.77. The average molecular weight is 263 g/mol. The van der Waals surface area contributed by atoms with Gasteiger partial charge >= 0.3 is 0 Å². The number of amides is 1. The summed E-state index contributed by atoms with van der Waals surface area (Å²) in [6, 6.07) is 8.10. The summed E-state index contributed by atoms with van der Waals surface area (Å²) < 4.78 is 0. The molecular weight excluding hydrogens is 238 g/mol. The van der Waals surface area contributed by atoms with Crippen LogP contribution in [0.2, 0.25) is 0 Å². The van der Waals surface area contributed by atoms with E-state index in [0.717, 1.165) is 18.7 Å². The van der Waals surface area contributed by atoms with E-state index in [4.69, 9.17) is 5.84 Å². The lowest BCUT2D eigenvalue weighted by atomic mass is 9.96. The maximum Gasteiger partial charge on any atom is 0.238 e. The summed E-state index contributed by atoms with van der Waals surface area (Å²) >= 11 is 0. The Morgan fingerprint density at radius 3 is 2.21 bits per heavy atom. The minimum atomic E-state index is -0.169. The number of carbonyl (C=O) groups is 1. The van der Waals surface area contributed by atoms with Gasteiger partial charge in [0.2, 0.25) is 5.91 Å². The van der Waals surface area contributed by atoms with Crippen molar-refractivity contribution < 1.29 is 4.79 Å². The highest BCUT2D eigenvalue weighted by Crippen LogP contribution is 2.16. The molecule has 1 aromatic rings. The van der Waals surface area contributed by atoms with Crippen molar-refractivity contribution in [2.45, 2.75) is 33.7 Å². The molecule has 0 aromatic heterocycles. The first-order chi connectivity index (χ1) is 8.80. The third-order valence-electron chi connectivity index (χ3n) is 2.75. The topological polar surface area (TPSA) is 58.4 Å². The van der Waals surface area contributed by atoms with E-state index in [1.54, 1.807) is 0 Å². The van der Waals surface area contributed by atoms with Gasteiger partial charge in [-0.3, -0.25) is 10.2 Å². The van der Waals surface area contributed by atoms with Gasteiger partial charge in [0, 0.05) is 13.1 Å². The lowest BCUT2D eigenvalue weighted by Gasteiger charge is -2.26. The van der Waals surface area contributed by atoms with Crippen LogP contribution in [0.15, 0.2) is 24.3 Å². The largest absolute Gasteiger partial charge is 0.302 e. The van der Waals surface area contributed by atoms with Crippen molar-refractivity contribution in [3.05, 3.63) is 35.4 Å². The van der Waals surface area contributed by atoms with Crippen LogP contribution in [0.5, 0.6) is 0 Å². The molecule has 3 N–H and O–H groups in total. The maximum atomic E-state index is 11.2. The number of hydrogen-bond acceptors (Lipinski definition) is 3. The summed E-state index contributed by atoms with van der Waals surface area (Å²) in [5.41, 5.74) is 4.67. The number of hydrogen-bond donors (Lipinski definition) is 2. The van der Waals surface area contributed by atoms with E-state index in [2.05, 4.69) is 50.3 Å². The van der Waals surface area contributed by atoms with Gasteiger partial charge in [-0.2, -0.15) is 0 Å². The maximum absolute atomic E-state index is 11.2. The Balaban J connectivity index is 2.54. The predicted molar refractivity (Wildman–Crippen MR) is 78.3 cm³/mol. The van der Waals surface area contributed by atoms with E-state index in [0.29, 0.717) is 11.8 Å². The molecule has 106 valence electrons. The summed E-state index contributed by atoms with van der Waals surface area (Å²) in [5.74, 6) is 4.90. The molecule has 0 bridgehead atoms. The Kier molecular flexibility index (Phi) is 5.51. The average Bonchev–Trinajstić information content (AvgIpc) is 2.29. The molecule has 0 radical (unpaired) electrons. The highest BCUT2D eigenvalue weighted by Gasteiger charge is 2.13. The standard InChI is InChI=1S/C15H25N3O/c1-15(2,3)11-18(4)10-13-7-5-12(6-8-13)9-14(19)17-16/h5-8H,9-11,16H2,1-4H3,(H,17,19). The van der Waals surface area contributed by atoms with E-state index in [9.17, 15) is 4.79 Å². The Morgan fingerprint density at radius 2 is 1.74 bits per heavy atom. The van der Waals surface area contributed by atoms with Gasteiger partial charge in [0.15, 0.2) is 0 Å². The summed E-state index contributed by atoms with van der Waals surface area (Å²) in [5, 5.41) is 0. The van der Waals surface area contributed by atoms with Crippen LogP contribution in [0.4, 0.5) is 0 Å². The second kappa shape index (κ2) is 6.68. The van der Waals surface area contributed by atoms with E-state index in [1.807, 2.05) is 12.1 Å². The molecule has 0 spiro atoms. The molecule has 0 unspecified atom stereocenters. The number of hydrazine groups is 1. The summed E-state index contributed by atoms with van der Waals surface area (Å²) in [6.45, 7) is 8.67. The van der Waals surface area contributed by atoms with E-state index < -0.39 is 0 Å². The summed E-state index contributed by atoms with van der Waals surface area (Å²) in [4.78, 5) is 13.5. The minimum absolute atomic E-state index is 0.169. The number of nitrogens with zero attached hydrogens (tertiary/aromatic N) is 1. The van der Waals surface area contributed by atoms with Gasteiger partial charge in [-0.05, 0) is 23.6 Å². The Hall–Kier alpha value is -1.39. The summed E-state index contributed by atoms with van der Waals surface area (Å²) in [7, 11) is 2.13. The number of rotatable bonds is 5. The SMILES string of the molecule is CN(Cc1ccc(CC(=O)NN)cc1)CC(C)(C)C. The first-order valence-corrected chi connectivity index (χ1v) is 6.56. The molecule has 0 heterocycles. The zero-order valence-electron chi connectivity index (χ0n) is 12.4. The number of nitrogens with two attached hydrogens (primary N) is 1. The quantitative estimate of drug-likeness (QED) is 0.483. The van der Waals surface area contributed by atoms with Gasteiger partial charge in [-0.1, -0.05) is 45.0 Å². The van der Waals surface area contributed by atoms with E-state index in [-0.39, 0.29) is 5.91 Å². The summed E-state index contributed by atoms with van der Waals surface area (Å²) in [6.07, 6.45) is 0.328. The van der Waals surface area contributed by atoms with Gasteiger partial charge in [0.1, 0.15) is 0 Å². The van der Waals surface area contributed by atoms with Gasteiger partial charge in [0.25, 0.3) is 0 Å². The van der Waals surface area contributed by atoms with Crippen molar-refractivity contribution in [2.24, 2.45) is 11.3 Å². The van der Waals surface area contributed by atoms with Crippen molar-refractivity contribution in [1.82, 2.24) is 10.3 Å². The van der Waals surface area contributed by atoms with E-state index in [1.165, 1.54) is 5.56 Å². The fourth-order valence-corrected chi connectivity index (χ4v) is 2.18. The monoisotopic (exact) mass is 263 g/mol. The molecule has 0 fully saturated rings. The molecule has 19 heavy (non-hydrogen) atoms. The lowest BCUT2D eigenvalue weighted by Crippen LogP contribution is -2.31. The lowest BCUT2D eigenvalue weighted by molar-refractivity contribution is -0.120. The van der Waals surface area contributed by atoms with Gasteiger partial charge in [-0.15, -0.1) is 0 Å². The van der Waals surface area contributed by atoms with Crippen molar-refractivity contribution in [1.29, 1.82) is 0 Å². The van der Waals surface area contributed by atoms with Crippen LogP contribution in [0, 0.1) is 5.41 Å². The van der Waals surface area contributed by atoms with Crippen molar-refractivity contribution in [3.8, 4) is 0 Å². The molecule has 0 aliphatic carbocycles. The van der Waals surface area contributed by atoms with Gasteiger partial charge in [-0.25, -0.2) is 5.84 Å². The fourth-order valence-electron chi connectivity index (χ4n) is 2.18. The number of benzene rings is 1. The van der Waals surface area contributed by atoms with Gasteiger partial charge < -0.3 is 4.90 Å². The normalized spacial score (nSPS) is 11.7. The van der Waals surface area contributed by atoms with Crippen LogP contribution in [-0.4, -0.2) is 24.4 Å². The Morgan fingerprint density at radius 1 is 1.21 bits per heavy atom. The second-order valence-corrected chi connectivity index (χ2v) is 6.29. The molecule has 0 atom stereocenters. The first-order valence-electron chi connectivity index (χ1n) is 6.56. The Bertz CT molecular complexity index is 406. The molecule has 0 saturated carbocycles. The molecular formula is C15H25N3O.